The van der Waals surface area contributed by atoms with Gasteiger partial charge in [-0.15, -0.1) is 0 Å². The fourth-order valence-electron chi connectivity index (χ4n) is 2.79. The Bertz CT molecular complexity index is 481. The number of hydrogen-bond donors (Lipinski definition) is 1. The van der Waals surface area contributed by atoms with Crippen molar-refractivity contribution in [3.05, 3.63) is 33.3 Å². The molecule has 0 amide bonds. The van der Waals surface area contributed by atoms with Crippen LogP contribution in [0.3, 0.4) is 0 Å². The molecular formula is C13H18ClN3O2. The molecule has 5 nitrogen and oxygen atoms in total. The monoisotopic (exact) mass is 283 g/mol. The maximum absolute atomic E-state index is 11.2. The highest BCUT2D eigenvalue weighted by Crippen LogP contribution is 2.36. The molecule has 0 bridgehead atoms. The van der Waals surface area contributed by atoms with Crippen molar-refractivity contribution < 1.29 is 4.92 Å². The Morgan fingerprint density at radius 2 is 2.32 bits per heavy atom. The molecule has 0 saturated carbocycles. The van der Waals surface area contributed by atoms with Crippen molar-refractivity contribution >= 4 is 23.0 Å². The van der Waals surface area contributed by atoms with E-state index in [2.05, 4.69) is 11.8 Å². The van der Waals surface area contributed by atoms with Crippen molar-refractivity contribution in [2.24, 2.45) is 11.7 Å². The molecular weight excluding hydrogens is 266 g/mol. The van der Waals surface area contributed by atoms with Gasteiger partial charge >= 0.3 is 0 Å². The third-order valence-electron chi connectivity index (χ3n) is 3.80. The lowest BCUT2D eigenvalue weighted by atomic mass is 9.90. The minimum atomic E-state index is -0.381. The van der Waals surface area contributed by atoms with Crippen LogP contribution in [0.25, 0.3) is 0 Å². The Kier molecular flexibility index (Phi) is 4.27. The van der Waals surface area contributed by atoms with Crippen molar-refractivity contribution in [2.45, 2.75) is 25.8 Å². The van der Waals surface area contributed by atoms with E-state index in [-0.39, 0.29) is 16.7 Å². The molecule has 2 atom stereocenters. The molecule has 1 heterocycles. The third-order valence-corrected chi connectivity index (χ3v) is 4.04. The fraction of sp³-hybridized carbons (Fsp3) is 0.538. The Morgan fingerprint density at radius 1 is 1.58 bits per heavy atom. The van der Waals surface area contributed by atoms with Crippen molar-refractivity contribution in [3.8, 4) is 0 Å². The summed E-state index contributed by atoms with van der Waals surface area (Å²) in [6.07, 6.45) is 2.14. The van der Waals surface area contributed by atoms with Crippen LogP contribution < -0.4 is 10.6 Å². The van der Waals surface area contributed by atoms with E-state index in [9.17, 15) is 10.1 Å². The second-order valence-corrected chi connectivity index (χ2v) is 5.44. The molecule has 1 saturated heterocycles. The first-order chi connectivity index (χ1) is 9.04. The second kappa shape index (κ2) is 5.75. The Labute approximate surface area is 117 Å². The van der Waals surface area contributed by atoms with Gasteiger partial charge in [-0.1, -0.05) is 18.5 Å². The molecule has 1 aromatic carbocycles. The second-order valence-electron chi connectivity index (χ2n) is 5.01. The van der Waals surface area contributed by atoms with Crippen molar-refractivity contribution in [1.29, 1.82) is 0 Å². The zero-order chi connectivity index (χ0) is 14.0. The van der Waals surface area contributed by atoms with Crippen molar-refractivity contribution in [2.75, 3.05) is 18.0 Å². The maximum Gasteiger partial charge on any atom is 0.294 e. The number of anilines is 1. The summed E-state index contributed by atoms with van der Waals surface area (Å²) < 4.78 is 0. The molecule has 2 N–H and O–H groups in total. The van der Waals surface area contributed by atoms with Gasteiger partial charge in [-0.25, -0.2) is 0 Å². The van der Waals surface area contributed by atoms with Crippen LogP contribution in [0.15, 0.2) is 18.2 Å². The van der Waals surface area contributed by atoms with Crippen LogP contribution in [0, 0.1) is 16.0 Å². The minimum absolute atomic E-state index is 0.0556. The lowest BCUT2D eigenvalue weighted by Gasteiger charge is -2.40. The van der Waals surface area contributed by atoms with Crippen LogP contribution >= 0.6 is 11.6 Å². The summed E-state index contributed by atoms with van der Waals surface area (Å²) in [5, 5.41) is 11.6. The molecule has 1 aliphatic heterocycles. The third kappa shape index (κ3) is 2.82. The van der Waals surface area contributed by atoms with E-state index in [0.717, 1.165) is 19.4 Å². The average molecular weight is 284 g/mol. The smallest absolute Gasteiger partial charge is 0.294 e. The SMILES string of the molecule is CC1CCCN(c2ccc(Cl)cc2[N+](=O)[O-])C1CN. The van der Waals surface area contributed by atoms with Crippen molar-refractivity contribution in [1.82, 2.24) is 0 Å². The summed E-state index contributed by atoms with van der Waals surface area (Å²) in [6, 6.07) is 4.97. The van der Waals surface area contributed by atoms with Gasteiger partial charge in [-0.3, -0.25) is 10.1 Å². The topological polar surface area (TPSA) is 72.4 Å². The van der Waals surface area contributed by atoms with Gasteiger partial charge in [-0.2, -0.15) is 0 Å². The molecule has 0 radical (unpaired) electrons. The van der Waals surface area contributed by atoms with E-state index in [4.69, 9.17) is 17.3 Å². The van der Waals surface area contributed by atoms with Crippen LogP contribution in [-0.4, -0.2) is 24.1 Å². The van der Waals surface area contributed by atoms with E-state index in [0.29, 0.717) is 23.2 Å². The highest BCUT2D eigenvalue weighted by Gasteiger charge is 2.31. The molecule has 1 aliphatic rings. The van der Waals surface area contributed by atoms with Gasteiger partial charge in [0.05, 0.1) is 4.92 Å². The molecule has 1 aromatic rings. The van der Waals surface area contributed by atoms with E-state index in [1.807, 2.05) is 0 Å². The van der Waals surface area contributed by atoms with Crippen LogP contribution in [-0.2, 0) is 0 Å². The van der Waals surface area contributed by atoms with Crippen LogP contribution in [0.1, 0.15) is 19.8 Å². The van der Waals surface area contributed by atoms with E-state index >= 15 is 0 Å². The normalized spacial score (nSPS) is 23.4. The zero-order valence-electron chi connectivity index (χ0n) is 10.9. The van der Waals surface area contributed by atoms with Crippen LogP contribution in [0.4, 0.5) is 11.4 Å². The van der Waals surface area contributed by atoms with E-state index in [1.165, 1.54) is 6.07 Å². The summed E-state index contributed by atoms with van der Waals surface area (Å²) in [5.74, 6) is 0.439. The number of nitrogens with zero attached hydrogens (tertiary/aromatic N) is 2. The number of rotatable bonds is 3. The highest BCUT2D eigenvalue weighted by atomic mass is 35.5. The molecule has 6 heteroatoms. The van der Waals surface area contributed by atoms with Gasteiger partial charge in [-0.05, 0) is 30.9 Å². The van der Waals surface area contributed by atoms with Gasteiger partial charge in [0.15, 0.2) is 0 Å². The number of nitro benzene ring substituents is 1. The Morgan fingerprint density at radius 3 is 2.95 bits per heavy atom. The molecule has 0 aliphatic carbocycles. The number of benzene rings is 1. The minimum Gasteiger partial charge on any atom is -0.361 e. The Hall–Kier alpha value is -1.33. The highest BCUT2D eigenvalue weighted by molar-refractivity contribution is 6.30. The fourth-order valence-corrected chi connectivity index (χ4v) is 2.96. The van der Waals surface area contributed by atoms with E-state index in [1.54, 1.807) is 12.1 Å². The van der Waals surface area contributed by atoms with Crippen LogP contribution in [0.2, 0.25) is 5.02 Å². The number of nitro groups is 1. The van der Waals surface area contributed by atoms with Crippen LogP contribution in [0.5, 0.6) is 0 Å². The standard InChI is InChI=1S/C13H18ClN3O2/c1-9-3-2-6-16(13(9)8-15)11-5-4-10(14)7-12(11)17(18)19/h4-5,7,9,13H,2-3,6,8,15H2,1H3. The summed E-state index contributed by atoms with van der Waals surface area (Å²) in [4.78, 5) is 12.9. The molecule has 1 fully saturated rings. The number of hydrogen-bond acceptors (Lipinski definition) is 4. The van der Waals surface area contributed by atoms with Gasteiger partial charge in [0.2, 0.25) is 0 Å². The largest absolute Gasteiger partial charge is 0.361 e. The summed E-state index contributed by atoms with van der Waals surface area (Å²) in [5.41, 5.74) is 6.52. The average Bonchev–Trinajstić information content (AvgIpc) is 2.38. The van der Waals surface area contributed by atoms with Gasteiger partial charge in [0, 0.05) is 30.2 Å². The first-order valence-electron chi connectivity index (χ1n) is 6.45. The molecule has 104 valence electrons. The molecule has 2 rings (SSSR count). The zero-order valence-corrected chi connectivity index (χ0v) is 11.6. The predicted octanol–water partition coefficient (Wildman–Crippen LogP) is 2.81. The molecule has 0 spiro atoms. The Balaban J connectivity index is 2.42. The number of nitrogens with two attached hydrogens (primary N) is 1. The molecule has 19 heavy (non-hydrogen) atoms. The lowest BCUT2D eigenvalue weighted by molar-refractivity contribution is -0.384. The molecule has 2 unspecified atom stereocenters. The van der Waals surface area contributed by atoms with Crippen molar-refractivity contribution in [3.63, 3.8) is 0 Å². The summed E-state index contributed by atoms with van der Waals surface area (Å²) in [7, 11) is 0. The summed E-state index contributed by atoms with van der Waals surface area (Å²) >= 11 is 5.85. The van der Waals surface area contributed by atoms with Gasteiger partial charge in [0.1, 0.15) is 5.69 Å². The first-order valence-corrected chi connectivity index (χ1v) is 6.83. The van der Waals surface area contributed by atoms with Gasteiger partial charge < -0.3 is 10.6 Å². The number of halogens is 1. The lowest BCUT2D eigenvalue weighted by Crippen LogP contribution is -2.49. The first kappa shape index (κ1) is 14.1. The van der Waals surface area contributed by atoms with E-state index < -0.39 is 0 Å². The van der Waals surface area contributed by atoms with Gasteiger partial charge in [0.25, 0.3) is 5.69 Å². The summed E-state index contributed by atoms with van der Waals surface area (Å²) in [6.45, 7) is 3.45. The number of piperidine rings is 1. The predicted molar refractivity (Wildman–Crippen MR) is 76.7 cm³/mol. The maximum atomic E-state index is 11.2. The molecule has 0 aromatic heterocycles. The quantitative estimate of drug-likeness (QED) is 0.684.